The van der Waals surface area contributed by atoms with Crippen LogP contribution in [0.5, 0.6) is 5.88 Å². The number of hydrogen-bond donors (Lipinski definition) is 2. The molecule has 1 rings (SSSR count). The Labute approximate surface area is 102 Å². The van der Waals surface area contributed by atoms with Crippen molar-refractivity contribution in [1.29, 1.82) is 0 Å². The molecule has 0 aliphatic carbocycles. The monoisotopic (exact) mass is 240 g/mol. The average Bonchev–Trinajstić information content (AvgIpc) is 2.33. The van der Waals surface area contributed by atoms with Crippen LogP contribution in [0.15, 0.2) is 6.07 Å². The molecule has 1 aromatic rings. The normalized spacial score (nSPS) is 12.2. The first-order valence-electron chi connectivity index (χ1n) is 5.54. The molecule has 0 saturated heterocycles. The summed E-state index contributed by atoms with van der Waals surface area (Å²) in [5.41, 5.74) is 6.51. The highest BCUT2D eigenvalue weighted by Gasteiger charge is 2.09. The number of aryl methyl sites for hydroxylation is 1. The summed E-state index contributed by atoms with van der Waals surface area (Å²) < 4.78 is 10.1. The van der Waals surface area contributed by atoms with Crippen LogP contribution in [0.2, 0.25) is 0 Å². The lowest BCUT2D eigenvalue weighted by Crippen LogP contribution is -2.31. The van der Waals surface area contributed by atoms with Gasteiger partial charge in [0.2, 0.25) is 11.8 Å². The Hall–Kier alpha value is -1.40. The summed E-state index contributed by atoms with van der Waals surface area (Å²) in [6, 6.07) is 1.87. The molecule has 0 saturated carbocycles. The number of nitrogens with two attached hydrogens (primary N) is 1. The third-order valence-corrected chi connectivity index (χ3v) is 2.33. The summed E-state index contributed by atoms with van der Waals surface area (Å²) in [5.74, 6) is 1.08. The number of hydrogen-bond acceptors (Lipinski definition) is 6. The first-order valence-corrected chi connectivity index (χ1v) is 5.54. The van der Waals surface area contributed by atoms with Gasteiger partial charge in [0.05, 0.1) is 7.11 Å². The zero-order valence-corrected chi connectivity index (χ0v) is 10.6. The lowest BCUT2D eigenvalue weighted by molar-refractivity contribution is 0.190. The summed E-state index contributed by atoms with van der Waals surface area (Å²) in [4.78, 5) is 8.49. The van der Waals surface area contributed by atoms with E-state index >= 15 is 0 Å². The van der Waals surface area contributed by atoms with Gasteiger partial charge in [-0.1, -0.05) is 0 Å². The van der Waals surface area contributed by atoms with Crippen LogP contribution in [-0.2, 0) is 4.74 Å². The van der Waals surface area contributed by atoms with Gasteiger partial charge in [-0.05, 0) is 13.3 Å². The zero-order chi connectivity index (χ0) is 12.7. The molecule has 1 atom stereocenters. The predicted molar refractivity (Wildman–Crippen MR) is 66.3 cm³/mol. The molecule has 3 N–H and O–H groups in total. The highest BCUT2D eigenvalue weighted by Crippen LogP contribution is 2.12. The van der Waals surface area contributed by atoms with Crippen LogP contribution in [0.3, 0.4) is 0 Å². The van der Waals surface area contributed by atoms with Gasteiger partial charge in [0.15, 0.2) is 0 Å². The fourth-order valence-corrected chi connectivity index (χ4v) is 1.40. The molecular formula is C11H20N4O2. The van der Waals surface area contributed by atoms with E-state index in [1.165, 1.54) is 0 Å². The van der Waals surface area contributed by atoms with Crippen molar-refractivity contribution < 1.29 is 9.47 Å². The van der Waals surface area contributed by atoms with Gasteiger partial charge < -0.3 is 20.5 Å². The van der Waals surface area contributed by atoms with Crippen molar-refractivity contribution in [2.45, 2.75) is 19.4 Å². The van der Waals surface area contributed by atoms with Crippen LogP contribution < -0.4 is 15.8 Å². The summed E-state index contributed by atoms with van der Waals surface area (Å²) >= 11 is 0. The number of nitrogens with one attached hydrogen (secondary N) is 1. The molecular weight excluding hydrogens is 220 g/mol. The molecule has 96 valence electrons. The molecule has 1 heterocycles. The van der Waals surface area contributed by atoms with Crippen molar-refractivity contribution in [2.75, 3.05) is 32.7 Å². The number of aromatic nitrogens is 2. The van der Waals surface area contributed by atoms with Gasteiger partial charge in [-0.3, -0.25) is 0 Å². The molecule has 6 heteroatoms. The van der Waals surface area contributed by atoms with E-state index in [1.807, 2.05) is 6.92 Å². The maximum absolute atomic E-state index is 5.67. The molecule has 0 aliphatic heterocycles. The fourth-order valence-electron chi connectivity index (χ4n) is 1.40. The van der Waals surface area contributed by atoms with Gasteiger partial charge in [-0.15, -0.1) is 0 Å². The number of ether oxygens (including phenoxy) is 2. The van der Waals surface area contributed by atoms with Gasteiger partial charge in [0.25, 0.3) is 0 Å². The van der Waals surface area contributed by atoms with Crippen LogP contribution in [0, 0.1) is 6.92 Å². The average molecular weight is 240 g/mol. The zero-order valence-electron chi connectivity index (χ0n) is 10.6. The van der Waals surface area contributed by atoms with E-state index in [0.29, 0.717) is 25.0 Å². The smallest absolute Gasteiger partial charge is 0.226 e. The van der Waals surface area contributed by atoms with E-state index in [0.717, 1.165) is 12.1 Å². The lowest BCUT2D eigenvalue weighted by atomic mass is 10.2. The van der Waals surface area contributed by atoms with E-state index < -0.39 is 0 Å². The molecule has 1 unspecified atom stereocenters. The maximum Gasteiger partial charge on any atom is 0.226 e. The number of rotatable bonds is 7. The Balaban J connectivity index is 2.68. The first kappa shape index (κ1) is 13.7. The topological polar surface area (TPSA) is 82.3 Å². The predicted octanol–water partition coefficient (Wildman–Crippen LogP) is 0.569. The van der Waals surface area contributed by atoms with Crippen molar-refractivity contribution in [1.82, 2.24) is 9.97 Å². The molecule has 17 heavy (non-hydrogen) atoms. The highest BCUT2D eigenvalue weighted by atomic mass is 16.5. The number of anilines is 1. The second-order valence-corrected chi connectivity index (χ2v) is 3.73. The van der Waals surface area contributed by atoms with Gasteiger partial charge >= 0.3 is 0 Å². The molecule has 6 nitrogen and oxygen atoms in total. The third kappa shape index (κ3) is 4.54. The minimum absolute atomic E-state index is 0.0986. The lowest BCUT2D eigenvalue weighted by Gasteiger charge is -2.16. The van der Waals surface area contributed by atoms with Crippen molar-refractivity contribution in [3.8, 4) is 5.88 Å². The SMILES string of the molecule is COCCC(CN)Nc1nc(C)cc(OC)n1. The molecule has 0 bridgehead atoms. The van der Waals surface area contributed by atoms with Crippen molar-refractivity contribution in [3.05, 3.63) is 11.8 Å². The molecule has 1 aromatic heterocycles. The highest BCUT2D eigenvalue weighted by molar-refractivity contribution is 5.31. The summed E-state index contributed by atoms with van der Waals surface area (Å²) in [6.07, 6.45) is 0.812. The second kappa shape index (κ2) is 7.03. The van der Waals surface area contributed by atoms with Gasteiger partial charge in [0, 0.05) is 38.1 Å². The Kier molecular flexibility index (Phi) is 5.65. The molecule has 0 fully saturated rings. The van der Waals surface area contributed by atoms with E-state index in [1.54, 1.807) is 20.3 Å². The third-order valence-electron chi connectivity index (χ3n) is 2.33. The standard InChI is InChI=1S/C11H20N4O2/c1-8-6-10(17-3)15-11(13-8)14-9(7-12)4-5-16-2/h6,9H,4-5,7,12H2,1-3H3,(H,13,14,15). The van der Waals surface area contributed by atoms with Crippen molar-refractivity contribution in [3.63, 3.8) is 0 Å². The van der Waals surface area contributed by atoms with Crippen LogP contribution >= 0.6 is 0 Å². The number of methoxy groups -OCH3 is 2. The molecule has 0 radical (unpaired) electrons. The van der Waals surface area contributed by atoms with Crippen molar-refractivity contribution in [2.24, 2.45) is 5.73 Å². The van der Waals surface area contributed by atoms with Gasteiger partial charge in [-0.25, -0.2) is 4.98 Å². The Morgan fingerprint density at radius 2 is 2.18 bits per heavy atom. The van der Waals surface area contributed by atoms with Gasteiger partial charge in [-0.2, -0.15) is 4.98 Å². The summed E-state index contributed by atoms with van der Waals surface area (Å²) in [6.45, 7) is 3.04. The van der Waals surface area contributed by atoms with Crippen LogP contribution in [0.25, 0.3) is 0 Å². The van der Waals surface area contributed by atoms with E-state index in [2.05, 4.69) is 15.3 Å². The molecule has 0 spiro atoms. The van der Waals surface area contributed by atoms with Crippen molar-refractivity contribution >= 4 is 5.95 Å². The molecule has 0 aliphatic rings. The molecule has 0 amide bonds. The quantitative estimate of drug-likeness (QED) is 0.725. The van der Waals surface area contributed by atoms with E-state index in [-0.39, 0.29) is 6.04 Å². The summed E-state index contributed by atoms with van der Waals surface area (Å²) in [7, 11) is 3.25. The first-order chi connectivity index (χ1) is 8.19. The Morgan fingerprint density at radius 3 is 2.76 bits per heavy atom. The van der Waals surface area contributed by atoms with Crippen LogP contribution in [0.1, 0.15) is 12.1 Å². The van der Waals surface area contributed by atoms with Gasteiger partial charge in [0.1, 0.15) is 0 Å². The van der Waals surface area contributed by atoms with Crippen LogP contribution in [0.4, 0.5) is 5.95 Å². The summed E-state index contributed by atoms with van der Waals surface area (Å²) in [5, 5.41) is 3.17. The Bertz CT molecular complexity index is 346. The fraction of sp³-hybridized carbons (Fsp3) is 0.636. The largest absolute Gasteiger partial charge is 0.481 e. The van der Waals surface area contributed by atoms with E-state index in [4.69, 9.17) is 15.2 Å². The van der Waals surface area contributed by atoms with Crippen LogP contribution in [-0.4, -0.2) is 43.4 Å². The minimum atomic E-state index is 0.0986. The molecule has 0 aromatic carbocycles. The number of nitrogens with zero attached hydrogens (tertiary/aromatic N) is 2. The Morgan fingerprint density at radius 1 is 1.41 bits per heavy atom. The minimum Gasteiger partial charge on any atom is -0.481 e. The maximum atomic E-state index is 5.67. The second-order valence-electron chi connectivity index (χ2n) is 3.73. The van der Waals surface area contributed by atoms with E-state index in [9.17, 15) is 0 Å².